The van der Waals surface area contributed by atoms with Gasteiger partial charge in [0.1, 0.15) is 17.3 Å². The van der Waals surface area contributed by atoms with Crippen LogP contribution < -0.4 is 4.72 Å². The van der Waals surface area contributed by atoms with Gasteiger partial charge >= 0.3 is 0 Å². The highest BCUT2D eigenvalue weighted by Crippen LogP contribution is 2.27. The molecule has 0 aromatic heterocycles. The zero-order chi connectivity index (χ0) is 16.3. The Hall–Kier alpha value is -1.44. The second-order valence-corrected chi connectivity index (χ2v) is 6.71. The predicted molar refractivity (Wildman–Crippen MR) is 86.2 cm³/mol. The molecule has 0 heterocycles. The Kier molecular flexibility index (Phi) is 5.55. The maximum absolute atomic E-state index is 14.0. The van der Waals surface area contributed by atoms with Crippen LogP contribution in [0.5, 0.6) is 0 Å². The number of benzene rings is 2. The molecule has 1 N–H and O–H groups in total. The number of ketones is 1. The molecule has 7 heteroatoms. The van der Waals surface area contributed by atoms with Crippen molar-refractivity contribution in [3.8, 4) is 0 Å². The van der Waals surface area contributed by atoms with Gasteiger partial charge < -0.3 is 4.55 Å². The van der Waals surface area contributed by atoms with E-state index < -0.39 is 28.8 Å². The van der Waals surface area contributed by atoms with Gasteiger partial charge in [0.05, 0.1) is 11.4 Å². The minimum atomic E-state index is -1.39. The van der Waals surface area contributed by atoms with Crippen molar-refractivity contribution < 1.29 is 18.1 Å². The van der Waals surface area contributed by atoms with Crippen LogP contribution in [0.4, 0.5) is 14.5 Å². The number of carbonyl (C=O) groups is 1. The van der Waals surface area contributed by atoms with E-state index in [1.54, 1.807) is 6.92 Å². The number of hydrogen-bond donors (Lipinski definition) is 1. The molecule has 22 heavy (non-hydrogen) atoms. The Morgan fingerprint density at radius 2 is 1.91 bits per heavy atom. The van der Waals surface area contributed by atoms with Crippen molar-refractivity contribution >= 4 is 38.8 Å². The lowest BCUT2D eigenvalue weighted by atomic mass is 10.0. The van der Waals surface area contributed by atoms with Crippen LogP contribution in [-0.2, 0) is 11.4 Å². The van der Waals surface area contributed by atoms with E-state index in [1.165, 1.54) is 18.2 Å². The van der Waals surface area contributed by atoms with E-state index in [0.29, 0.717) is 10.2 Å². The zero-order valence-electron chi connectivity index (χ0n) is 11.5. The Bertz CT molecular complexity index is 695. The average Bonchev–Trinajstić information content (AvgIpc) is 2.50. The monoisotopic (exact) mass is 387 g/mol. The molecule has 0 aliphatic rings. The van der Waals surface area contributed by atoms with Gasteiger partial charge in [-0.05, 0) is 59.3 Å². The van der Waals surface area contributed by atoms with E-state index in [1.807, 2.05) is 0 Å². The molecule has 1 unspecified atom stereocenters. The summed E-state index contributed by atoms with van der Waals surface area (Å²) in [6.45, 7) is 1.70. The lowest BCUT2D eigenvalue weighted by Crippen LogP contribution is -2.16. The van der Waals surface area contributed by atoms with E-state index in [4.69, 9.17) is 0 Å². The van der Waals surface area contributed by atoms with Gasteiger partial charge in [-0.25, -0.2) is 13.5 Å². The Labute approximate surface area is 138 Å². The summed E-state index contributed by atoms with van der Waals surface area (Å²) in [6.07, 6.45) is 0. The van der Waals surface area contributed by atoms with Crippen LogP contribution >= 0.6 is 15.9 Å². The molecule has 2 aromatic carbocycles. The fraction of sp³-hybridized carbons (Fsp3) is 0.133. The van der Waals surface area contributed by atoms with Crippen molar-refractivity contribution in [1.29, 1.82) is 0 Å². The third-order valence-electron chi connectivity index (χ3n) is 2.89. The molecular formula is C15H12BrF2NO2S. The first kappa shape index (κ1) is 16.9. The number of rotatable bonds is 5. The Morgan fingerprint density at radius 3 is 2.50 bits per heavy atom. The van der Waals surface area contributed by atoms with Crippen LogP contribution in [0.3, 0.4) is 0 Å². The SMILES string of the molecule is CC[S+]([O-])Nc1cc(Br)c(C(=O)c2ccc(F)cc2)cc1F. The highest BCUT2D eigenvalue weighted by Gasteiger charge is 2.18. The number of halogens is 3. The molecule has 0 fully saturated rings. The van der Waals surface area contributed by atoms with Crippen molar-refractivity contribution in [1.82, 2.24) is 0 Å². The van der Waals surface area contributed by atoms with Crippen LogP contribution in [0.25, 0.3) is 0 Å². The van der Waals surface area contributed by atoms with Gasteiger partial charge in [-0.15, -0.1) is 0 Å². The zero-order valence-corrected chi connectivity index (χ0v) is 13.9. The van der Waals surface area contributed by atoms with Crippen molar-refractivity contribution in [2.75, 3.05) is 10.5 Å². The molecule has 0 saturated heterocycles. The molecule has 0 spiro atoms. The highest BCUT2D eigenvalue weighted by atomic mass is 79.9. The molecule has 3 nitrogen and oxygen atoms in total. The molecule has 0 radical (unpaired) electrons. The van der Waals surface area contributed by atoms with Crippen LogP contribution in [0, 0.1) is 11.6 Å². The van der Waals surface area contributed by atoms with E-state index >= 15 is 0 Å². The van der Waals surface area contributed by atoms with Gasteiger partial charge in [0.2, 0.25) is 0 Å². The van der Waals surface area contributed by atoms with Crippen molar-refractivity contribution in [3.63, 3.8) is 0 Å². The molecule has 0 aliphatic carbocycles. The number of anilines is 1. The summed E-state index contributed by atoms with van der Waals surface area (Å²) in [7, 11) is 0. The van der Waals surface area contributed by atoms with Crippen molar-refractivity contribution in [3.05, 3.63) is 63.6 Å². The van der Waals surface area contributed by atoms with Crippen LogP contribution in [0.1, 0.15) is 22.8 Å². The largest absolute Gasteiger partial charge is 0.593 e. The summed E-state index contributed by atoms with van der Waals surface area (Å²) in [5, 5.41) is 0. The van der Waals surface area contributed by atoms with E-state index in [9.17, 15) is 18.1 Å². The number of hydrogen-bond acceptors (Lipinski definition) is 3. The summed E-state index contributed by atoms with van der Waals surface area (Å²) in [5.41, 5.74) is 0.402. The summed E-state index contributed by atoms with van der Waals surface area (Å²) < 4.78 is 41.2. The first-order chi connectivity index (χ1) is 10.4. The average molecular weight is 388 g/mol. The van der Waals surface area contributed by atoms with Crippen LogP contribution in [-0.4, -0.2) is 16.1 Å². The molecule has 2 rings (SSSR count). The topological polar surface area (TPSA) is 52.2 Å². The maximum atomic E-state index is 14.0. The third kappa shape index (κ3) is 3.85. The molecular weight excluding hydrogens is 376 g/mol. The second-order valence-electron chi connectivity index (χ2n) is 4.38. The molecule has 0 bridgehead atoms. The highest BCUT2D eigenvalue weighted by molar-refractivity contribution is 9.10. The summed E-state index contributed by atoms with van der Waals surface area (Å²) in [6, 6.07) is 7.42. The normalized spacial score (nSPS) is 12.0. The van der Waals surface area contributed by atoms with Gasteiger partial charge in [-0.2, -0.15) is 0 Å². The summed E-state index contributed by atoms with van der Waals surface area (Å²) >= 11 is 1.82. The summed E-state index contributed by atoms with van der Waals surface area (Å²) in [4.78, 5) is 12.3. The second kappa shape index (κ2) is 7.21. The van der Waals surface area contributed by atoms with Gasteiger partial charge in [-0.3, -0.25) is 4.79 Å². The Balaban J connectivity index is 2.34. The maximum Gasteiger partial charge on any atom is 0.194 e. The van der Waals surface area contributed by atoms with E-state index in [-0.39, 0.29) is 16.8 Å². The minimum Gasteiger partial charge on any atom is -0.593 e. The standard InChI is InChI=1S/C15H12BrF2NO2S/c1-2-22(21)19-14-8-12(16)11(7-13(14)18)15(20)9-3-5-10(17)6-4-9/h3-8,19H,2H2,1H3. The smallest absolute Gasteiger partial charge is 0.194 e. The molecule has 0 amide bonds. The van der Waals surface area contributed by atoms with Gasteiger partial charge in [0.25, 0.3) is 0 Å². The molecule has 2 aromatic rings. The molecule has 0 aliphatic heterocycles. The van der Waals surface area contributed by atoms with Gasteiger partial charge in [-0.1, -0.05) is 0 Å². The lowest BCUT2D eigenvalue weighted by molar-refractivity contribution is 0.103. The van der Waals surface area contributed by atoms with Crippen LogP contribution in [0.15, 0.2) is 40.9 Å². The lowest BCUT2D eigenvalue weighted by Gasteiger charge is -2.12. The van der Waals surface area contributed by atoms with E-state index in [0.717, 1.165) is 18.2 Å². The molecule has 1 atom stereocenters. The number of carbonyl (C=O) groups excluding carboxylic acids is 1. The van der Waals surface area contributed by atoms with E-state index in [2.05, 4.69) is 20.7 Å². The summed E-state index contributed by atoms with van der Waals surface area (Å²) in [5.74, 6) is -1.25. The molecule has 116 valence electrons. The first-order valence-electron chi connectivity index (χ1n) is 6.36. The third-order valence-corrected chi connectivity index (χ3v) is 4.52. The quantitative estimate of drug-likeness (QED) is 0.621. The van der Waals surface area contributed by atoms with Crippen LogP contribution in [0.2, 0.25) is 0 Å². The van der Waals surface area contributed by atoms with Gasteiger partial charge in [0, 0.05) is 15.6 Å². The fourth-order valence-corrected chi connectivity index (χ4v) is 2.82. The van der Waals surface area contributed by atoms with Gasteiger partial charge in [0.15, 0.2) is 11.6 Å². The van der Waals surface area contributed by atoms with Crippen molar-refractivity contribution in [2.45, 2.75) is 6.92 Å². The predicted octanol–water partition coefficient (Wildman–Crippen LogP) is 4.05. The fourth-order valence-electron chi connectivity index (χ4n) is 1.75. The Morgan fingerprint density at radius 1 is 1.27 bits per heavy atom. The van der Waals surface area contributed by atoms with Crippen molar-refractivity contribution in [2.24, 2.45) is 0 Å². The first-order valence-corrected chi connectivity index (χ1v) is 8.48. The minimum absolute atomic E-state index is 0.0442. The molecule has 0 saturated carbocycles. The number of nitrogens with one attached hydrogen (secondary N) is 1.